The van der Waals surface area contributed by atoms with Crippen molar-refractivity contribution in [2.45, 2.75) is 156 Å². The van der Waals surface area contributed by atoms with E-state index in [-0.39, 0.29) is 68.7 Å². The predicted molar refractivity (Wildman–Crippen MR) is 339 cm³/mol. The van der Waals surface area contributed by atoms with Gasteiger partial charge in [0.15, 0.2) is 11.6 Å². The van der Waals surface area contributed by atoms with Crippen LogP contribution in [0, 0.1) is 11.3 Å². The molecule has 0 spiro atoms. The summed E-state index contributed by atoms with van der Waals surface area (Å²) < 4.78 is 107. The van der Waals surface area contributed by atoms with Crippen LogP contribution in [0.4, 0.5) is 0 Å². The van der Waals surface area contributed by atoms with Crippen molar-refractivity contribution in [2.75, 3.05) is 228 Å². The highest BCUT2D eigenvalue weighted by atomic mass is 35.5. The fourth-order valence-electron chi connectivity index (χ4n) is 6.22. The van der Waals surface area contributed by atoms with Crippen molar-refractivity contribution in [1.82, 2.24) is 4.67 Å². The summed E-state index contributed by atoms with van der Waals surface area (Å²) in [4.78, 5) is 0. The van der Waals surface area contributed by atoms with E-state index in [9.17, 15) is 0 Å². The molecular weight excluding hydrogens is 1200 g/mol. The van der Waals surface area contributed by atoms with E-state index in [0.717, 1.165) is 39.6 Å². The Kier molecular flexibility index (Phi) is 84.0. The van der Waals surface area contributed by atoms with Crippen LogP contribution in [-0.2, 0) is 94.3 Å². The Labute approximate surface area is 538 Å². The maximum absolute atomic E-state index is 9.11. The average molecular weight is 1330 g/mol. The van der Waals surface area contributed by atoms with Crippen LogP contribution in [0.25, 0.3) is 0 Å². The smallest absolute Gasteiger partial charge is 0.259 e. The van der Waals surface area contributed by atoms with Gasteiger partial charge in [-0.1, -0.05) is 20.8 Å². The quantitative estimate of drug-likeness (QED) is 0.0385. The number of methoxy groups -OCH3 is 5. The fourth-order valence-corrected chi connectivity index (χ4v) is 7.99. The zero-order valence-corrected chi connectivity index (χ0v) is 59.0. The minimum Gasteiger partial charge on any atom is -0.400 e. The van der Waals surface area contributed by atoms with Crippen LogP contribution in [0.3, 0.4) is 0 Å². The highest BCUT2D eigenvalue weighted by molar-refractivity contribution is 7.44. The van der Waals surface area contributed by atoms with Gasteiger partial charge in [0.1, 0.15) is 18.3 Å². The second-order valence-electron chi connectivity index (χ2n) is 20.0. The van der Waals surface area contributed by atoms with Gasteiger partial charge in [-0.2, -0.15) is 5.26 Å². The Hall–Kier alpha value is -0.830. The molecule has 29 heteroatoms. The summed E-state index contributed by atoms with van der Waals surface area (Å²) in [7, 11) is 7.99. The summed E-state index contributed by atoms with van der Waals surface area (Å²) in [5, 5.41) is 50.8. The van der Waals surface area contributed by atoms with Gasteiger partial charge in [-0.25, -0.2) is 4.67 Å². The van der Waals surface area contributed by atoms with Crippen molar-refractivity contribution in [1.29, 1.82) is 5.26 Å². The molecule has 0 aromatic heterocycles. The van der Waals surface area contributed by atoms with Gasteiger partial charge in [0.25, 0.3) is 8.53 Å². The maximum atomic E-state index is 9.11. The Bertz CT molecular complexity index is 1320. The average Bonchev–Trinajstić information content (AvgIpc) is 4.01. The van der Waals surface area contributed by atoms with E-state index in [1.165, 1.54) is 0 Å². The third kappa shape index (κ3) is 72.6. The number of rotatable bonds is 49. The molecule has 0 bridgehead atoms. The van der Waals surface area contributed by atoms with Crippen LogP contribution in [0.2, 0.25) is 0 Å². The highest BCUT2D eigenvalue weighted by Gasteiger charge is 2.33. The van der Waals surface area contributed by atoms with Gasteiger partial charge in [-0.3, -0.25) is 0 Å². The first-order valence-electron chi connectivity index (χ1n) is 30.3. The van der Waals surface area contributed by atoms with Crippen LogP contribution in [0.5, 0.6) is 0 Å². The van der Waals surface area contributed by atoms with Crippen LogP contribution in [0.1, 0.15) is 102 Å². The van der Waals surface area contributed by atoms with Gasteiger partial charge >= 0.3 is 0 Å². The molecule has 2 heterocycles. The number of nitriles is 1. The van der Waals surface area contributed by atoms with E-state index < -0.39 is 26.2 Å². The first-order chi connectivity index (χ1) is 41.8. The Morgan fingerprint density at radius 1 is 0.511 bits per heavy atom. The fraction of sp³-hybridized carbons (Fsp3) is 0.983. The van der Waals surface area contributed by atoms with Gasteiger partial charge in [0.05, 0.1) is 203 Å². The second kappa shape index (κ2) is 75.2. The lowest BCUT2D eigenvalue weighted by Crippen LogP contribution is -2.35. The summed E-state index contributed by atoms with van der Waals surface area (Å²) in [6, 6.07) is 2.69. The Balaban J connectivity index is -0.000000237. The molecule has 0 saturated carbocycles. The largest absolute Gasteiger partial charge is 0.400 e. The Morgan fingerprint density at radius 3 is 1.19 bits per heavy atom. The summed E-state index contributed by atoms with van der Waals surface area (Å²) >= 11 is 0. The first-order valence-corrected chi connectivity index (χ1v) is 31.5. The van der Waals surface area contributed by atoms with E-state index in [4.69, 9.17) is 125 Å². The van der Waals surface area contributed by atoms with Crippen LogP contribution in [0.15, 0.2) is 0 Å². The maximum Gasteiger partial charge on any atom is 0.259 e. The Morgan fingerprint density at radius 2 is 0.875 bits per heavy atom. The van der Waals surface area contributed by atoms with E-state index in [0.29, 0.717) is 158 Å². The van der Waals surface area contributed by atoms with Gasteiger partial charge in [0.2, 0.25) is 0 Å². The lowest BCUT2D eigenvalue weighted by Gasteiger charge is -2.37. The topological polar surface area (TPSA) is 313 Å². The number of hydrogen-bond acceptors (Lipinski definition) is 27. The minimum absolute atomic E-state index is 0. The minimum atomic E-state index is -1.24. The molecule has 2 saturated heterocycles. The molecular formula is C59H128ClN2O25P. The molecule has 27 nitrogen and oxygen atoms in total. The van der Waals surface area contributed by atoms with E-state index in [2.05, 4.69) is 52.3 Å². The van der Waals surface area contributed by atoms with E-state index >= 15 is 0 Å². The van der Waals surface area contributed by atoms with Crippen LogP contribution < -0.4 is 0 Å². The molecule has 2 rings (SSSR count). The van der Waals surface area contributed by atoms with Crippen molar-refractivity contribution in [2.24, 2.45) is 0 Å². The molecule has 88 heavy (non-hydrogen) atoms. The molecule has 0 aliphatic carbocycles. The zero-order valence-electron chi connectivity index (χ0n) is 57.3. The van der Waals surface area contributed by atoms with Crippen molar-refractivity contribution < 1.29 is 120 Å². The number of halogens is 1. The second-order valence-corrected chi connectivity index (χ2v) is 21.4. The summed E-state index contributed by atoms with van der Waals surface area (Å²) in [5.74, 6) is -0.962. The first kappa shape index (κ1) is 98.2. The number of aliphatic hydroxyl groups excluding tert-OH is 5. The van der Waals surface area contributed by atoms with Gasteiger partial charge in [0, 0.05) is 61.3 Å². The number of nitrogens with zero attached hydrogens (tertiary/aromatic N) is 2. The normalized spacial score (nSPS) is 16.7. The molecule has 536 valence electrons. The molecule has 2 aliphatic rings. The standard InChI is InChI=1S/C18H37N2O5P.C11H22O5.C9H20O4.C8H18O5.C6H12O3.C6H14O2.CH4O.ClH/c1-7-18(15-23-14-13-22-12-11-21-6)25-26(24-10-8-9-19)20(16(2)3)17(4)5;1-11(2)15-9-10(16-11)8-14-7-6-13-5-4-12-3;1-3-9(10)8-13-7-6-12-5-4-11-2;1-11-2-3-12-4-5-13-7-8(10)6-9;1-6(2)8-4-5(3-7)9-6;1-3-4-8-6-5-7-2;1-2;/h16-18H,7-8,10-15H2,1-6H3;10H,4-9H2,1-3H3;9-10H,3-8H2,1-2H3;8-10H,2-7H2,1H3;5,7H,3-4H2,1-2H3;3-6H2,1-2H3;2H,1H3;1H/t18-,26?;10-;9-;8-;5-;;;/m01001.../s1. The van der Waals surface area contributed by atoms with E-state index in [1.54, 1.807) is 35.5 Å². The third-order valence-corrected chi connectivity index (χ3v) is 12.8. The molecule has 1 unspecified atom stereocenters. The van der Waals surface area contributed by atoms with Crippen LogP contribution >= 0.6 is 20.9 Å². The summed E-state index contributed by atoms with van der Waals surface area (Å²) in [5.41, 5.74) is 0. The van der Waals surface area contributed by atoms with E-state index in [1.807, 2.05) is 34.6 Å². The van der Waals surface area contributed by atoms with Crippen molar-refractivity contribution >= 4 is 20.9 Å². The summed E-state index contributed by atoms with van der Waals surface area (Å²) in [6.07, 6.45) is 1.72. The number of hydrogen-bond donors (Lipinski definition) is 5. The molecule has 0 aromatic carbocycles. The molecule has 2 aliphatic heterocycles. The van der Waals surface area contributed by atoms with Gasteiger partial charge in [-0.15, -0.1) is 12.4 Å². The molecule has 0 radical (unpaired) electrons. The molecule has 2 fully saturated rings. The lowest BCUT2D eigenvalue weighted by atomic mass is 10.3. The molecule has 6 atom stereocenters. The number of ether oxygens (including phenoxy) is 18. The van der Waals surface area contributed by atoms with Gasteiger partial charge < -0.3 is 120 Å². The van der Waals surface area contributed by atoms with Gasteiger partial charge in [-0.05, 0) is 74.7 Å². The molecule has 0 aromatic rings. The highest BCUT2D eigenvalue weighted by Crippen LogP contribution is 2.47. The van der Waals surface area contributed by atoms with Crippen molar-refractivity contribution in [3.05, 3.63) is 0 Å². The molecule has 5 N–H and O–H groups in total. The van der Waals surface area contributed by atoms with Crippen LogP contribution in [-0.4, -0.2) is 312 Å². The predicted octanol–water partition coefficient (Wildman–Crippen LogP) is 5.23. The van der Waals surface area contributed by atoms with Crippen molar-refractivity contribution in [3.8, 4) is 6.07 Å². The van der Waals surface area contributed by atoms with Crippen molar-refractivity contribution in [3.63, 3.8) is 0 Å². The molecule has 0 amide bonds. The number of aliphatic hydroxyl groups is 5. The lowest BCUT2D eigenvalue weighted by molar-refractivity contribution is -0.145. The SMILES string of the molecule is CC1(C)OC[C@@H](CO)O1.CCCOCCOC.CC[C@@H](COCCOCCOC)OP(OCCC#N)N(C(C)C)C(C)C.CC[C@H](O)COCCOCCOC.CO.COCCOCCOC[C@@H](O)CO.COCCOCCOC[C@@H]1COC(C)(C)O1.Cl. The summed E-state index contributed by atoms with van der Waals surface area (Å²) in [6.45, 7) is 36.1. The zero-order chi connectivity index (χ0) is 66.7. The third-order valence-electron chi connectivity index (χ3n) is 10.6. The monoisotopic (exact) mass is 1330 g/mol.